The van der Waals surface area contributed by atoms with E-state index >= 15 is 0 Å². The number of alkyl carbamates (subject to hydrolysis) is 1. The highest BCUT2D eigenvalue weighted by atomic mass is 16.6. The molecule has 0 heterocycles. The van der Waals surface area contributed by atoms with Crippen LogP contribution in [-0.4, -0.2) is 23.5 Å². The van der Waals surface area contributed by atoms with Gasteiger partial charge in [0.1, 0.15) is 11.9 Å². The van der Waals surface area contributed by atoms with Crippen LogP contribution in [0.4, 0.5) is 4.79 Å². The van der Waals surface area contributed by atoms with Gasteiger partial charge in [-0.3, -0.25) is 0 Å². The maximum atomic E-state index is 11.6. The van der Waals surface area contributed by atoms with Crippen LogP contribution >= 0.6 is 0 Å². The Morgan fingerprint density at radius 2 is 1.88 bits per heavy atom. The fraction of sp³-hybridized carbons (Fsp3) is 0.833. The van der Waals surface area contributed by atoms with Gasteiger partial charge in [0.05, 0.1) is 5.54 Å². The monoisotopic (exact) mass is 229 g/mol. The van der Waals surface area contributed by atoms with Crippen LogP contribution in [0.1, 0.15) is 48.0 Å². The van der Waals surface area contributed by atoms with Gasteiger partial charge >= 0.3 is 6.09 Å². The van der Waals surface area contributed by atoms with Crippen molar-refractivity contribution in [1.29, 1.82) is 0 Å². The van der Waals surface area contributed by atoms with Crippen LogP contribution in [0.3, 0.4) is 0 Å². The standard InChI is InChI=1S/C12H23NO3/c1-7-9(2)12(6,8-14)13-10(15)16-11(3,4)5/h8-9H,7H2,1-6H3,(H,13,15). The summed E-state index contributed by atoms with van der Waals surface area (Å²) in [4.78, 5) is 22.6. The quantitative estimate of drug-likeness (QED) is 0.754. The number of aldehydes is 1. The Labute approximate surface area is 97.7 Å². The fourth-order valence-electron chi connectivity index (χ4n) is 1.22. The Kier molecular flexibility index (Phi) is 4.97. The molecule has 0 bridgehead atoms. The molecule has 0 aliphatic heterocycles. The van der Waals surface area contributed by atoms with Gasteiger partial charge in [-0.1, -0.05) is 20.3 Å². The Hall–Kier alpha value is -1.06. The zero-order valence-corrected chi connectivity index (χ0v) is 11.1. The predicted octanol–water partition coefficient (Wildman–Crippen LogP) is 2.51. The molecule has 0 aromatic heterocycles. The minimum absolute atomic E-state index is 0.0671. The maximum absolute atomic E-state index is 11.6. The van der Waals surface area contributed by atoms with E-state index in [1.165, 1.54) is 0 Å². The van der Waals surface area contributed by atoms with Crippen molar-refractivity contribution in [2.45, 2.75) is 59.1 Å². The summed E-state index contributed by atoms with van der Waals surface area (Å²) >= 11 is 0. The number of carbonyl (C=O) groups is 2. The van der Waals surface area contributed by atoms with Crippen LogP contribution in [0.15, 0.2) is 0 Å². The Morgan fingerprint density at radius 3 is 2.19 bits per heavy atom. The molecule has 0 aromatic carbocycles. The number of hydrogen-bond acceptors (Lipinski definition) is 3. The molecule has 0 aromatic rings. The first-order valence-electron chi connectivity index (χ1n) is 5.62. The van der Waals surface area contributed by atoms with Crippen LogP contribution in [0, 0.1) is 5.92 Å². The van der Waals surface area contributed by atoms with Crippen molar-refractivity contribution in [3.05, 3.63) is 0 Å². The van der Waals surface area contributed by atoms with Crippen molar-refractivity contribution in [2.75, 3.05) is 0 Å². The summed E-state index contributed by atoms with van der Waals surface area (Å²) in [5, 5.41) is 2.62. The largest absolute Gasteiger partial charge is 0.444 e. The van der Waals surface area contributed by atoms with Gasteiger partial charge in [-0.25, -0.2) is 4.79 Å². The SMILES string of the molecule is CCC(C)C(C)(C=O)NC(=O)OC(C)(C)C. The van der Waals surface area contributed by atoms with E-state index in [9.17, 15) is 9.59 Å². The number of rotatable bonds is 4. The van der Waals surface area contributed by atoms with Gasteiger partial charge in [0.2, 0.25) is 0 Å². The highest BCUT2D eigenvalue weighted by molar-refractivity contribution is 5.76. The first-order chi connectivity index (χ1) is 7.14. The van der Waals surface area contributed by atoms with E-state index in [-0.39, 0.29) is 5.92 Å². The summed E-state index contributed by atoms with van der Waals surface area (Å²) in [6.45, 7) is 11.0. The first-order valence-corrected chi connectivity index (χ1v) is 5.62. The zero-order valence-electron chi connectivity index (χ0n) is 11.1. The molecule has 0 saturated heterocycles. The highest BCUT2D eigenvalue weighted by Gasteiger charge is 2.33. The fourth-order valence-corrected chi connectivity index (χ4v) is 1.22. The molecular weight excluding hydrogens is 206 g/mol. The van der Waals surface area contributed by atoms with Gasteiger partial charge in [-0.15, -0.1) is 0 Å². The summed E-state index contributed by atoms with van der Waals surface area (Å²) < 4.78 is 5.12. The molecule has 0 aliphatic carbocycles. The van der Waals surface area contributed by atoms with Crippen molar-refractivity contribution < 1.29 is 14.3 Å². The molecule has 0 fully saturated rings. The second kappa shape index (κ2) is 5.32. The van der Waals surface area contributed by atoms with Gasteiger partial charge in [-0.2, -0.15) is 0 Å². The van der Waals surface area contributed by atoms with Crippen LogP contribution in [0.25, 0.3) is 0 Å². The maximum Gasteiger partial charge on any atom is 0.408 e. The Balaban J connectivity index is 4.55. The lowest BCUT2D eigenvalue weighted by Gasteiger charge is -2.31. The van der Waals surface area contributed by atoms with Crippen LogP contribution < -0.4 is 5.32 Å². The van der Waals surface area contributed by atoms with Crippen LogP contribution in [0.5, 0.6) is 0 Å². The second-order valence-electron chi connectivity index (χ2n) is 5.34. The molecule has 94 valence electrons. The number of ether oxygens (including phenoxy) is 1. The minimum Gasteiger partial charge on any atom is -0.444 e. The van der Waals surface area contributed by atoms with E-state index < -0.39 is 17.2 Å². The van der Waals surface area contributed by atoms with Gasteiger partial charge in [0, 0.05) is 0 Å². The third kappa shape index (κ3) is 4.64. The van der Waals surface area contributed by atoms with Gasteiger partial charge in [0.15, 0.2) is 0 Å². The molecule has 1 N–H and O–H groups in total. The zero-order chi connectivity index (χ0) is 13.0. The third-order valence-corrected chi connectivity index (χ3v) is 2.65. The van der Waals surface area contributed by atoms with E-state index in [4.69, 9.17) is 4.74 Å². The summed E-state index contributed by atoms with van der Waals surface area (Å²) in [6.07, 6.45) is 1.03. The average Bonchev–Trinajstić information content (AvgIpc) is 2.13. The molecule has 0 rings (SSSR count). The molecule has 0 aliphatic rings. The van der Waals surface area contributed by atoms with E-state index in [1.54, 1.807) is 27.7 Å². The van der Waals surface area contributed by atoms with Crippen molar-refractivity contribution in [2.24, 2.45) is 5.92 Å². The van der Waals surface area contributed by atoms with E-state index in [2.05, 4.69) is 5.32 Å². The van der Waals surface area contributed by atoms with Crippen molar-refractivity contribution in [1.82, 2.24) is 5.32 Å². The smallest absolute Gasteiger partial charge is 0.408 e. The number of hydrogen-bond donors (Lipinski definition) is 1. The number of carbonyl (C=O) groups excluding carboxylic acids is 2. The normalized spacial score (nSPS) is 17.1. The van der Waals surface area contributed by atoms with E-state index in [1.807, 2.05) is 13.8 Å². The van der Waals surface area contributed by atoms with Crippen molar-refractivity contribution in [3.63, 3.8) is 0 Å². The molecule has 1 amide bonds. The first kappa shape index (κ1) is 14.9. The minimum atomic E-state index is -0.864. The molecule has 4 nitrogen and oxygen atoms in total. The van der Waals surface area contributed by atoms with Crippen LogP contribution in [-0.2, 0) is 9.53 Å². The summed E-state index contributed by atoms with van der Waals surface area (Å²) in [5.74, 6) is 0.0671. The highest BCUT2D eigenvalue weighted by Crippen LogP contribution is 2.18. The van der Waals surface area contributed by atoms with Gasteiger partial charge in [-0.05, 0) is 33.6 Å². The average molecular weight is 229 g/mol. The van der Waals surface area contributed by atoms with E-state index in [0.29, 0.717) is 0 Å². The Bertz CT molecular complexity index is 257. The topological polar surface area (TPSA) is 55.4 Å². The third-order valence-electron chi connectivity index (χ3n) is 2.65. The molecular formula is C12H23NO3. The van der Waals surface area contributed by atoms with Gasteiger partial charge in [0.25, 0.3) is 0 Å². The van der Waals surface area contributed by atoms with Crippen LogP contribution in [0.2, 0.25) is 0 Å². The van der Waals surface area contributed by atoms with E-state index in [0.717, 1.165) is 12.7 Å². The van der Waals surface area contributed by atoms with Crippen molar-refractivity contribution in [3.8, 4) is 0 Å². The lowest BCUT2D eigenvalue weighted by Crippen LogP contribution is -2.53. The summed E-state index contributed by atoms with van der Waals surface area (Å²) in [5.41, 5.74) is -1.42. The molecule has 0 spiro atoms. The molecule has 2 unspecified atom stereocenters. The van der Waals surface area contributed by atoms with Crippen molar-refractivity contribution >= 4 is 12.4 Å². The molecule has 0 radical (unpaired) electrons. The van der Waals surface area contributed by atoms with Gasteiger partial charge < -0.3 is 14.8 Å². The number of nitrogens with one attached hydrogen (secondary N) is 1. The molecule has 16 heavy (non-hydrogen) atoms. The lowest BCUT2D eigenvalue weighted by molar-refractivity contribution is -0.114. The predicted molar refractivity (Wildman–Crippen MR) is 63.3 cm³/mol. The Morgan fingerprint density at radius 1 is 1.38 bits per heavy atom. The summed E-state index contributed by atoms with van der Waals surface area (Å²) in [7, 11) is 0. The summed E-state index contributed by atoms with van der Waals surface area (Å²) in [6, 6.07) is 0. The molecule has 4 heteroatoms. The molecule has 2 atom stereocenters. The second-order valence-corrected chi connectivity index (χ2v) is 5.34. The lowest BCUT2D eigenvalue weighted by atomic mass is 9.86. The molecule has 0 saturated carbocycles. The number of amides is 1.